The largest absolute Gasteiger partial charge is 0.380 e. The highest BCUT2D eigenvalue weighted by Gasteiger charge is 2.34. The summed E-state index contributed by atoms with van der Waals surface area (Å²) in [7, 11) is 2.27. The third-order valence-corrected chi connectivity index (χ3v) is 4.83. The number of nitrogens with zero attached hydrogens (tertiary/aromatic N) is 1. The zero-order chi connectivity index (χ0) is 12.4. The molecular formula is C15H28N2O. The molecule has 0 saturated heterocycles. The van der Waals surface area contributed by atoms with Crippen molar-refractivity contribution in [2.45, 2.75) is 50.6 Å². The predicted molar refractivity (Wildman–Crippen MR) is 73.7 cm³/mol. The van der Waals surface area contributed by atoms with Gasteiger partial charge in [0, 0.05) is 25.2 Å². The maximum atomic E-state index is 5.73. The van der Waals surface area contributed by atoms with Crippen LogP contribution in [0.2, 0.25) is 0 Å². The first kappa shape index (κ1) is 12.9. The van der Waals surface area contributed by atoms with Gasteiger partial charge in [0.05, 0.1) is 6.61 Å². The summed E-state index contributed by atoms with van der Waals surface area (Å²) in [5.74, 6) is 1.79. The summed E-state index contributed by atoms with van der Waals surface area (Å²) in [6, 6.07) is 1.67. The maximum Gasteiger partial charge on any atom is 0.0593 e. The molecule has 3 heteroatoms. The van der Waals surface area contributed by atoms with Gasteiger partial charge in [-0.1, -0.05) is 0 Å². The number of hydrogen-bond acceptors (Lipinski definition) is 3. The van der Waals surface area contributed by atoms with Gasteiger partial charge in [-0.05, 0) is 64.0 Å². The molecule has 0 aromatic rings. The molecule has 2 unspecified atom stereocenters. The zero-order valence-electron chi connectivity index (χ0n) is 11.7. The van der Waals surface area contributed by atoms with Crippen LogP contribution in [0.4, 0.5) is 0 Å². The first-order valence-corrected chi connectivity index (χ1v) is 7.84. The van der Waals surface area contributed by atoms with Crippen molar-refractivity contribution < 1.29 is 4.74 Å². The van der Waals surface area contributed by atoms with Crippen molar-refractivity contribution in [3.63, 3.8) is 0 Å². The molecule has 3 aliphatic carbocycles. The normalized spacial score (nSPS) is 31.7. The van der Waals surface area contributed by atoms with Gasteiger partial charge in [-0.25, -0.2) is 0 Å². The molecule has 3 fully saturated rings. The average Bonchev–Trinajstić information content (AvgIpc) is 3.16. The van der Waals surface area contributed by atoms with Crippen molar-refractivity contribution in [1.29, 1.82) is 0 Å². The molecule has 3 saturated carbocycles. The Bertz CT molecular complexity index is 263. The number of likely N-dealkylation sites (N-methyl/N-ethyl adjacent to an activating group) is 1. The van der Waals surface area contributed by atoms with E-state index >= 15 is 0 Å². The van der Waals surface area contributed by atoms with E-state index < -0.39 is 0 Å². The van der Waals surface area contributed by atoms with Crippen LogP contribution in [-0.2, 0) is 4.74 Å². The second-order valence-corrected chi connectivity index (χ2v) is 6.59. The summed E-state index contributed by atoms with van der Waals surface area (Å²) < 4.78 is 5.73. The Labute approximate surface area is 111 Å². The molecule has 104 valence electrons. The summed E-state index contributed by atoms with van der Waals surface area (Å²) in [5, 5.41) is 3.68. The number of rotatable bonds is 9. The van der Waals surface area contributed by atoms with E-state index in [1.54, 1.807) is 0 Å². The summed E-state index contributed by atoms with van der Waals surface area (Å²) in [5.41, 5.74) is 0. The van der Waals surface area contributed by atoms with E-state index in [0.717, 1.165) is 43.7 Å². The molecule has 3 aliphatic rings. The van der Waals surface area contributed by atoms with Crippen LogP contribution in [0, 0.1) is 11.8 Å². The van der Waals surface area contributed by atoms with Crippen molar-refractivity contribution in [2.75, 3.05) is 33.4 Å². The first-order chi connectivity index (χ1) is 8.83. The zero-order valence-corrected chi connectivity index (χ0v) is 11.7. The lowest BCUT2D eigenvalue weighted by atomic mass is 9.78. The van der Waals surface area contributed by atoms with Crippen molar-refractivity contribution >= 4 is 0 Å². The average molecular weight is 252 g/mol. The van der Waals surface area contributed by atoms with Gasteiger partial charge in [-0.15, -0.1) is 0 Å². The topological polar surface area (TPSA) is 24.5 Å². The quantitative estimate of drug-likeness (QED) is 0.634. The van der Waals surface area contributed by atoms with Gasteiger partial charge in [0.1, 0.15) is 0 Å². The fraction of sp³-hybridized carbons (Fsp3) is 1.00. The second kappa shape index (κ2) is 5.89. The molecule has 0 amide bonds. The van der Waals surface area contributed by atoms with Crippen LogP contribution in [-0.4, -0.2) is 50.3 Å². The van der Waals surface area contributed by atoms with E-state index in [1.165, 1.54) is 45.1 Å². The Balaban J connectivity index is 1.26. The minimum atomic E-state index is 0.806. The molecule has 0 spiro atoms. The Morgan fingerprint density at radius 1 is 1.11 bits per heavy atom. The standard InChI is InChI=1S/C15H28N2O/c1-17(8-9-18-11-12-2-3-12)15-7-4-13(15)10-16-14-5-6-14/h12-16H,2-11H2,1H3. The van der Waals surface area contributed by atoms with Gasteiger partial charge in [0.2, 0.25) is 0 Å². The molecule has 0 heterocycles. The van der Waals surface area contributed by atoms with Gasteiger partial charge in [-0.2, -0.15) is 0 Å². The highest BCUT2D eigenvalue weighted by atomic mass is 16.5. The lowest BCUT2D eigenvalue weighted by molar-refractivity contribution is 0.0441. The fourth-order valence-corrected chi connectivity index (χ4v) is 2.88. The minimum absolute atomic E-state index is 0.806. The lowest BCUT2D eigenvalue weighted by Crippen LogP contribution is -2.50. The minimum Gasteiger partial charge on any atom is -0.380 e. The SMILES string of the molecule is CN(CCOCC1CC1)C1CCC1CNC1CC1. The van der Waals surface area contributed by atoms with E-state index in [0.29, 0.717) is 0 Å². The van der Waals surface area contributed by atoms with Crippen molar-refractivity contribution in [1.82, 2.24) is 10.2 Å². The smallest absolute Gasteiger partial charge is 0.0593 e. The predicted octanol–water partition coefficient (Wildman–Crippen LogP) is 1.88. The molecule has 2 atom stereocenters. The van der Waals surface area contributed by atoms with Crippen molar-refractivity contribution in [3.8, 4) is 0 Å². The summed E-state index contributed by atoms with van der Waals surface area (Å²) in [4.78, 5) is 2.52. The highest BCUT2D eigenvalue weighted by Crippen LogP contribution is 2.32. The molecule has 18 heavy (non-hydrogen) atoms. The third kappa shape index (κ3) is 3.69. The van der Waals surface area contributed by atoms with Crippen LogP contribution in [0.25, 0.3) is 0 Å². The van der Waals surface area contributed by atoms with Crippen LogP contribution < -0.4 is 5.32 Å². The van der Waals surface area contributed by atoms with Crippen LogP contribution in [0.5, 0.6) is 0 Å². The first-order valence-electron chi connectivity index (χ1n) is 7.84. The van der Waals surface area contributed by atoms with Crippen molar-refractivity contribution in [2.24, 2.45) is 11.8 Å². The van der Waals surface area contributed by atoms with E-state index in [9.17, 15) is 0 Å². The second-order valence-electron chi connectivity index (χ2n) is 6.59. The number of hydrogen-bond donors (Lipinski definition) is 1. The van der Waals surface area contributed by atoms with Gasteiger partial charge < -0.3 is 15.0 Å². The van der Waals surface area contributed by atoms with Gasteiger partial charge in [-0.3, -0.25) is 0 Å². The number of ether oxygens (including phenoxy) is 1. The van der Waals surface area contributed by atoms with Crippen LogP contribution in [0.15, 0.2) is 0 Å². The van der Waals surface area contributed by atoms with E-state index in [1.807, 2.05) is 0 Å². The van der Waals surface area contributed by atoms with E-state index in [-0.39, 0.29) is 0 Å². The summed E-state index contributed by atoms with van der Waals surface area (Å²) in [6.45, 7) is 4.28. The molecule has 0 bridgehead atoms. The Hall–Kier alpha value is -0.120. The maximum absolute atomic E-state index is 5.73. The highest BCUT2D eigenvalue weighted by molar-refractivity contribution is 4.91. The molecule has 3 nitrogen and oxygen atoms in total. The van der Waals surface area contributed by atoms with Crippen molar-refractivity contribution in [3.05, 3.63) is 0 Å². The number of nitrogens with one attached hydrogen (secondary N) is 1. The Morgan fingerprint density at radius 3 is 2.56 bits per heavy atom. The molecular weight excluding hydrogens is 224 g/mol. The third-order valence-electron chi connectivity index (χ3n) is 4.83. The molecule has 0 aliphatic heterocycles. The van der Waals surface area contributed by atoms with E-state index in [2.05, 4.69) is 17.3 Å². The monoisotopic (exact) mass is 252 g/mol. The summed E-state index contributed by atoms with van der Waals surface area (Å²) >= 11 is 0. The van der Waals surface area contributed by atoms with Crippen LogP contribution >= 0.6 is 0 Å². The van der Waals surface area contributed by atoms with Gasteiger partial charge in [0.25, 0.3) is 0 Å². The molecule has 0 radical (unpaired) electrons. The fourth-order valence-electron chi connectivity index (χ4n) is 2.88. The molecule has 3 rings (SSSR count). The molecule has 1 N–H and O–H groups in total. The lowest BCUT2D eigenvalue weighted by Gasteiger charge is -2.43. The van der Waals surface area contributed by atoms with Crippen LogP contribution in [0.3, 0.4) is 0 Å². The van der Waals surface area contributed by atoms with E-state index in [4.69, 9.17) is 4.74 Å². The molecule has 0 aromatic carbocycles. The summed E-state index contributed by atoms with van der Waals surface area (Å²) in [6.07, 6.45) is 8.40. The van der Waals surface area contributed by atoms with Crippen LogP contribution in [0.1, 0.15) is 38.5 Å². The van der Waals surface area contributed by atoms with Gasteiger partial charge in [0.15, 0.2) is 0 Å². The van der Waals surface area contributed by atoms with Gasteiger partial charge >= 0.3 is 0 Å². The molecule has 0 aromatic heterocycles. The Morgan fingerprint density at radius 2 is 1.94 bits per heavy atom. The Kier molecular flexibility index (Phi) is 4.22.